The molecular weight excluding hydrogens is 484 g/mol. The Morgan fingerprint density at radius 1 is 1.16 bits per heavy atom. The molecule has 1 saturated heterocycles. The first-order chi connectivity index (χ1) is 18.5. The van der Waals surface area contributed by atoms with Gasteiger partial charge in [-0.3, -0.25) is 14.3 Å². The average Bonchev–Trinajstić information content (AvgIpc) is 3.22. The number of nitrogen functional groups attached to an aromatic ring is 1. The fourth-order valence-electron chi connectivity index (χ4n) is 4.81. The number of carbonyl (C=O) groups is 1. The molecule has 0 saturated carbocycles. The summed E-state index contributed by atoms with van der Waals surface area (Å²) in [5.74, 6) is 0.894. The zero-order valence-electron chi connectivity index (χ0n) is 22.2. The van der Waals surface area contributed by atoms with E-state index < -0.39 is 0 Å². The lowest BCUT2D eigenvalue weighted by Crippen LogP contribution is -2.35. The van der Waals surface area contributed by atoms with E-state index in [0.717, 1.165) is 63.8 Å². The molecule has 0 unspecified atom stereocenters. The van der Waals surface area contributed by atoms with Gasteiger partial charge in [0, 0.05) is 26.1 Å². The topological polar surface area (TPSA) is 157 Å². The maximum atomic E-state index is 12.7. The molecule has 11 heteroatoms. The second kappa shape index (κ2) is 13.4. The van der Waals surface area contributed by atoms with Crippen LogP contribution in [0.4, 0.5) is 5.82 Å². The normalized spacial score (nSPS) is 14.7. The van der Waals surface area contributed by atoms with Crippen molar-refractivity contribution in [3.63, 3.8) is 0 Å². The molecule has 206 valence electrons. The molecule has 38 heavy (non-hydrogen) atoms. The number of nitrogens with two attached hydrogens (primary N) is 2. The lowest BCUT2D eigenvalue weighted by atomic mass is 9.93. The maximum Gasteiger partial charge on any atom is 0.328 e. The van der Waals surface area contributed by atoms with Crippen molar-refractivity contribution in [1.29, 1.82) is 0 Å². The number of hydrogen-bond acceptors (Lipinski definition) is 8. The van der Waals surface area contributed by atoms with Crippen LogP contribution in [0, 0.1) is 5.92 Å². The minimum absolute atomic E-state index is 0.0431. The number of anilines is 1. The summed E-state index contributed by atoms with van der Waals surface area (Å²) in [5, 5.41) is 2.96. The molecule has 3 aromatic rings. The fraction of sp³-hybridized carbons (Fsp3) is 0.556. The van der Waals surface area contributed by atoms with Crippen LogP contribution in [0.3, 0.4) is 0 Å². The maximum absolute atomic E-state index is 12.7. The molecule has 4 rings (SSSR count). The van der Waals surface area contributed by atoms with Gasteiger partial charge in [0.2, 0.25) is 5.91 Å². The van der Waals surface area contributed by atoms with Crippen molar-refractivity contribution in [1.82, 2.24) is 29.7 Å². The number of carbonyl (C=O) groups excluding carboxylic acids is 1. The van der Waals surface area contributed by atoms with Gasteiger partial charge in [0.15, 0.2) is 11.5 Å². The first-order valence-electron chi connectivity index (χ1n) is 13.6. The van der Waals surface area contributed by atoms with Gasteiger partial charge in [-0.15, -0.1) is 0 Å². The molecule has 0 bridgehead atoms. The number of amides is 1. The Labute approximate surface area is 223 Å². The van der Waals surface area contributed by atoms with Crippen LogP contribution in [0.25, 0.3) is 11.2 Å². The molecule has 1 aliphatic rings. The van der Waals surface area contributed by atoms with Crippen LogP contribution in [0.2, 0.25) is 0 Å². The summed E-state index contributed by atoms with van der Waals surface area (Å²) in [4.78, 5) is 38.1. The molecule has 1 amide bonds. The summed E-state index contributed by atoms with van der Waals surface area (Å²) in [5.41, 5.74) is 14.3. The van der Waals surface area contributed by atoms with E-state index >= 15 is 0 Å². The Kier molecular flexibility index (Phi) is 9.72. The number of piperidine rings is 1. The highest BCUT2D eigenvalue weighted by atomic mass is 16.5. The number of unbranched alkanes of at least 4 members (excludes halogenated alkanes) is 1. The van der Waals surface area contributed by atoms with Crippen molar-refractivity contribution >= 4 is 22.9 Å². The summed E-state index contributed by atoms with van der Waals surface area (Å²) >= 11 is 0. The van der Waals surface area contributed by atoms with E-state index in [1.165, 1.54) is 5.56 Å². The number of ether oxygens (including phenoxy) is 1. The van der Waals surface area contributed by atoms with Crippen molar-refractivity contribution in [2.24, 2.45) is 11.7 Å². The van der Waals surface area contributed by atoms with Gasteiger partial charge in [-0.1, -0.05) is 37.6 Å². The number of nitrogens with one attached hydrogen (secondary N) is 2. The summed E-state index contributed by atoms with van der Waals surface area (Å²) < 4.78 is 7.19. The first kappa shape index (κ1) is 27.6. The molecule has 2 aromatic heterocycles. The summed E-state index contributed by atoms with van der Waals surface area (Å²) in [6.45, 7) is 7.09. The van der Waals surface area contributed by atoms with E-state index in [-0.39, 0.29) is 23.4 Å². The molecule has 1 aromatic carbocycles. The molecule has 1 fully saturated rings. The first-order valence-corrected chi connectivity index (χ1v) is 13.6. The van der Waals surface area contributed by atoms with Gasteiger partial charge in [-0.2, -0.15) is 9.97 Å². The molecule has 0 spiro atoms. The molecule has 3 heterocycles. The van der Waals surface area contributed by atoms with Crippen LogP contribution in [-0.2, 0) is 17.9 Å². The summed E-state index contributed by atoms with van der Waals surface area (Å²) in [6.07, 6.45) is 5.59. The van der Waals surface area contributed by atoms with Crippen LogP contribution in [0.5, 0.6) is 6.01 Å². The van der Waals surface area contributed by atoms with Gasteiger partial charge in [-0.25, -0.2) is 4.79 Å². The van der Waals surface area contributed by atoms with Crippen molar-refractivity contribution in [2.75, 3.05) is 38.5 Å². The number of likely N-dealkylation sites (tertiary alicyclic amines) is 1. The number of H-pyrrole nitrogens is 1. The number of fused-ring (bicyclic) bond motifs is 1. The number of aromatic nitrogens is 4. The van der Waals surface area contributed by atoms with Crippen LogP contribution >= 0.6 is 0 Å². The highest BCUT2D eigenvalue weighted by molar-refractivity contribution is 5.82. The van der Waals surface area contributed by atoms with Crippen LogP contribution in [-0.4, -0.2) is 63.1 Å². The second-order valence-electron chi connectivity index (χ2n) is 10.0. The SMILES string of the molecule is CCCCOc1nc(N)c2[nH]c(=O)n(Cc3ccc(CN4CCC(CCNC(=O)CCN)CC4)cc3)c2n1. The second-order valence-corrected chi connectivity index (χ2v) is 10.0. The van der Waals surface area contributed by atoms with E-state index in [1.54, 1.807) is 4.57 Å². The van der Waals surface area contributed by atoms with Crippen LogP contribution < -0.4 is 27.2 Å². The minimum atomic E-state index is -0.280. The standard InChI is InChI=1S/C27H40N8O3/c1-2-3-16-38-26-32-24(29)23-25(33-26)35(27(37)31-23)18-21-6-4-20(5-7-21)17-34-14-10-19(11-15-34)9-13-30-22(36)8-12-28/h4-7,19H,2-3,8-18,28H2,1H3,(H,30,36)(H,31,37)(H2,29,32,33). The lowest BCUT2D eigenvalue weighted by Gasteiger charge is -2.32. The minimum Gasteiger partial charge on any atom is -0.463 e. The number of aromatic amines is 1. The predicted octanol–water partition coefficient (Wildman–Crippen LogP) is 2.00. The molecule has 0 radical (unpaired) electrons. The quantitative estimate of drug-likeness (QED) is 0.247. The van der Waals surface area contributed by atoms with Crippen LogP contribution in [0.15, 0.2) is 29.1 Å². The van der Waals surface area contributed by atoms with E-state index in [9.17, 15) is 9.59 Å². The van der Waals surface area contributed by atoms with Crippen molar-refractivity contribution in [2.45, 2.75) is 58.5 Å². The number of benzene rings is 1. The number of nitrogens with zero attached hydrogens (tertiary/aromatic N) is 4. The number of imidazole rings is 1. The zero-order valence-corrected chi connectivity index (χ0v) is 22.2. The zero-order chi connectivity index (χ0) is 26.9. The Balaban J connectivity index is 1.31. The monoisotopic (exact) mass is 524 g/mol. The van der Waals surface area contributed by atoms with Gasteiger partial charge in [0.05, 0.1) is 13.2 Å². The molecule has 0 aliphatic carbocycles. The molecular formula is C27H40N8O3. The largest absolute Gasteiger partial charge is 0.463 e. The summed E-state index contributed by atoms with van der Waals surface area (Å²) in [7, 11) is 0. The highest BCUT2D eigenvalue weighted by Crippen LogP contribution is 2.22. The van der Waals surface area contributed by atoms with Gasteiger partial charge in [-0.05, 0) is 55.8 Å². The molecule has 11 nitrogen and oxygen atoms in total. The Hall–Kier alpha value is -3.44. The van der Waals surface area contributed by atoms with Gasteiger partial charge < -0.3 is 26.5 Å². The lowest BCUT2D eigenvalue weighted by molar-refractivity contribution is -0.120. The third-order valence-corrected chi connectivity index (χ3v) is 7.08. The third-order valence-electron chi connectivity index (χ3n) is 7.08. The van der Waals surface area contributed by atoms with Gasteiger partial charge in [0.1, 0.15) is 5.52 Å². The molecule has 0 atom stereocenters. The van der Waals surface area contributed by atoms with E-state index in [2.05, 4.69) is 56.4 Å². The molecule has 1 aliphatic heterocycles. The average molecular weight is 525 g/mol. The van der Waals surface area contributed by atoms with Crippen molar-refractivity contribution in [3.8, 4) is 6.01 Å². The third kappa shape index (κ3) is 7.32. The van der Waals surface area contributed by atoms with E-state index in [4.69, 9.17) is 16.2 Å². The fourth-order valence-corrected chi connectivity index (χ4v) is 4.81. The van der Waals surface area contributed by atoms with E-state index in [0.29, 0.717) is 43.2 Å². The Morgan fingerprint density at radius 2 is 1.87 bits per heavy atom. The number of rotatable bonds is 13. The van der Waals surface area contributed by atoms with Crippen molar-refractivity contribution in [3.05, 3.63) is 45.9 Å². The Morgan fingerprint density at radius 3 is 2.55 bits per heavy atom. The predicted molar refractivity (Wildman–Crippen MR) is 148 cm³/mol. The summed E-state index contributed by atoms with van der Waals surface area (Å²) in [6, 6.07) is 8.54. The smallest absolute Gasteiger partial charge is 0.328 e. The number of hydrogen-bond donors (Lipinski definition) is 4. The van der Waals surface area contributed by atoms with Crippen molar-refractivity contribution < 1.29 is 9.53 Å². The molecule has 6 N–H and O–H groups in total. The Bertz CT molecular complexity index is 1250. The highest BCUT2D eigenvalue weighted by Gasteiger charge is 2.19. The van der Waals surface area contributed by atoms with Gasteiger partial charge in [0.25, 0.3) is 0 Å². The van der Waals surface area contributed by atoms with Crippen LogP contribution in [0.1, 0.15) is 56.6 Å². The van der Waals surface area contributed by atoms with Gasteiger partial charge >= 0.3 is 11.7 Å². The van der Waals surface area contributed by atoms with E-state index in [1.807, 2.05) is 0 Å².